The van der Waals surface area contributed by atoms with E-state index in [0.29, 0.717) is 17.9 Å². The summed E-state index contributed by atoms with van der Waals surface area (Å²) >= 11 is 4.69. The third-order valence-electron chi connectivity index (χ3n) is 4.14. The number of aryl methyl sites for hydroxylation is 1. The number of hydrogen-bond acceptors (Lipinski definition) is 5. The van der Waals surface area contributed by atoms with E-state index in [2.05, 4.69) is 20.9 Å². The zero-order valence-electron chi connectivity index (χ0n) is 14.1. The molecule has 7 nitrogen and oxygen atoms in total. The molecule has 0 N–H and O–H groups in total. The van der Waals surface area contributed by atoms with E-state index in [1.807, 2.05) is 18.2 Å². The molecule has 0 atom stereocenters. The maximum absolute atomic E-state index is 12.2. The summed E-state index contributed by atoms with van der Waals surface area (Å²) in [6.07, 6.45) is 1.78. The van der Waals surface area contributed by atoms with Crippen LogP contribution >= 0.6 is 27.3 Å². The Kier molecular flexibility index (Phi) is 5.64. The molecule has 1 aromatic heterocycles. The number of likely N-dealkylation sites (tertiary alicyclic amines) is 1. The first-order valence-corrected chi connectivity index (χ1v) is 11.5. The van der Waals surface area contributed by atoms with Crippen molar-refractivity contribution in [3.63, 3.8) is 0 Å². The molecule has 3 rings (SSSR count). The van der Waals surface area contributed by atoms with Crippen molar-refractivity contribution in [2.24, 2.45) is 12.0 Å². The Morgan fingerprint density at radius 1 is 1.23 bits per heavy atom. The summed E-state index contributed by atoms with van der Waals surface area (Å²) in [6, 6.07) is 5.69. The van der Waals surface area contributed by atoms with Crippen LogP contribution in [-0.2, 0) is 26.5 Å². The van der Waals surface area contributed by atoms with E-state index in [9.17, 15) is 18.0 Å². The minimum atomic E-state index is -3.83. The summed E-state index contributed by atoms with van der Waals surface area (Å²) in [6.45, 7) is 1.17. The average molecular weight is 460 g/mol. The number of amides is 2. The Hall–Kier alpha value is -1.52. The highest BCUT2D eigenvalue weighted by atomic mass is 79.9. The van der Waals surface area contributed by atoms with Gasteiger partial charge >= 0.3 is 0 Å². The first-order chi connectivity index (χ1) is 12.2. The smallest absolute Gasteiger partial charge is 0.263 e. The molecule has 1 saturated heterocycles. The molecule has 0 bridgehead atoms. The first kappa shape index (κ1) is 19.2. The van der Waals surface area contributed by atoms with Gasteiger partial charge < -0.3 is 9.47 Å². The van der Waals surface area contributed by atoms with Gasteiger partial charge in [-0.05, 0) is 31.0 Å². The highest BCUT2D eigenvalue weighted by molar-refractivity contribution is 9.10. The zero-order valence-corrected chi connectivity index (χ0v) is 17.4. The predicted molar refractivity (Wildman–Crippen MR) is 104 cm³/mol. The third-order valence-corrected chi connectivity index (χ3v) is 7.10. The number of carbonyl (C=O) groups is 2. The summed E-state index contributed by atoms with van der Waals surface area (Å²) in [7, 11) is -2.07. The van der Waals surface area contributed by atoms with Crippen molar-refractivity contribution in [2.45, 2.75) is 12.8 Å². The van der Waals surface area contributed by atoms with Gasteiger partial charge in [-0.25, -0.2) is 8.42 Å². The summed E-state index contributed by atoms with van der Waals surface area (Å²) in [5, 5.41) is 0. The molecule has 0 saturated carbocycles. The van der Waals surface area contributed by atoms with Crippen molar-refractivity contribution in [2.75, 3.05) is 24.6 Å². The summed E-state index contributed by atoms with van der Waals surface area (Å²) in [4.78, 5) is 30.0. The van der Waals surface area contributed by atoms with E-state index in [4.69, 9.17) is 0 Å². The number of sulfone groups is 1. The lowest BCUT2D eigenvalue weighted by molar-refractivity contribution is -0.127. The van der Waals surface area contributed by atoms with Gasteiger partial charge in [-0.2, -0.15) is 4.99 Å². The lowest BCUT2D eigenvalue weighted by Gasteiger charge is -2.14. The van der Waals surface area contributed by atoms with Crippen molar-refractivity contribution in [1.29, 1.82) is 0 Å². The molecule has 2 amide bonds. The Morgan fingerprint density at radius 3 is 2.62 bits per heavy atom. The van der Waals surface area contributed by atoms with Gasteiger partial charge in [0.15, 0.2) is 14.6 Å². The molecule has 140 valence electrons. The molecule has 10 heteroatoms. The number of rotatable bonds is 4. The number of halogens is 1. The van der Waals surface area contributed by atoms with Crippen LogP contribution in [0.15, 0.2) is 27.7 Å². The highest BCUT2D eigenvalue weighted by Gasteiger charge is 2.26. The second-order valence-electron chi connectivity index (χ2n) is 6.18. The maximum Gasteiger partial charge on any atom is 0.263 e. The van der Waals surface area contributed by atoms with Gasteiger partial charge in [0, 0.05) is 24.6 Å². The van der Waals surface area contributed by atoms with Gasteiger partial charge in [-0.1, -0.05) is 27.3 Å². The second kappa shape index (κ2) is 7.61. The molecular formula is C16H18BrN3O4S2. The van der Waals surface area contributed by atoms with Crippen LogP contribution in [0.4, 0.5) is 0 Å². The molecule has 0 unspecified atom stereocenters. The topological polar surface area (TPSA) is 88.8 Å². The van der Waals surface area contributed by atoms with Crippen LogP contribution in [0.3, 0.4) is 0 Å². The number of benzene rings is 1. The number of fused-ring (bicyclic) bond motifs is 1. The Morgan fingerprint density at radius 2 is 1.92 bits per heavy atom. The Labute approximate surface area is 163 Å². The number of thiazole rings is 1. The molecule has 1 fully saturated rings. The van der Waals surface area contributed by atoms with Gasteiger partial charge in [-0.3, -0.25) is 9.59 Å². The van der Waals surface area contributed by atoms with Crippen LogP contribution < -0.4 is 4.80 Å². The van der Waals surface area contributed by atoms with Gasteiger partial charge in [0.25, 0.3) is 5.91 Å². The third kappa shape index (κ3) is 4.41. The van der Waals surface area contributed by atoms with Crippen molar-refractivity contribution < 1.29 is 18.0 Å². The number of nitrogens with zero attached hydrogens (tertiary/aromatic N) is 3. The van der Waals surface area contributed by atoms with Gasteiger partial charge in [0.1, 0.15) is 11.5 Å². The Balaban J connectivity index is 1.76. The maximum atomic E-state index is 12.2. The minimum Gasteiger partial charge on any atom is -0.342 e. The molecule has 1 aliphatic heterocycles. The minimum absolute atomic E-state index is 0.421. The zero-order chi connectivity index (χ0) is 18.9. The lowest BCUT2D eigenvalue weighted by atomic mass is 10.3. The van der Waals surface area contributed by atoms with Gasteiger partial charge in [-0.15, -0.1) is 0 Å². The van der Waals surface area contributed by atoms with E-state index in [1.54, 1.807) is 11.6 Å². The molecule has 0 radical (unpaired) electrons. The molecule has 26 heavy (non-hydrogen) atoms. The summed E-state index contributed by atoms with van der Waals surface area (Å²) in [5.74, 6) is -2.60. The fourth-order valence-corrected chi connectivity index (χ4v) is 5.53. The quantitative estimate of drug-likeness (QED) is 0.692. The normalized spacial score (nSPS) is 15.8. The predicted octanol–water partition coefficient (Wildman–Crippen LogP) is 1.47. The monoisotopic (exact) mass is 459 g/mol. The molecule has 1 aliphatic rings. The van der Waals surface area contributed by atoms with Crippen molar-refractivity contribution in [3.05, 3.63) is 27.5 Å². The fourth-order valence-electron chi connectivity index (χ4n) is 2.84. The van der Waals surface area contributed by atoms with Crippen molar-refractivity contribution in [1.82, 2.24) is 9.47 Å². The molecule has 2 aromatic rings. The van der Waals surface area contributed by atoms with Gasteiger partial charge in [0.05, 0.1) is 10.2 Å². The van der Waals surface area contributed by atoms with E-state index in [1.165, 1.54) is 16.2 Å². The largest absolute Gasteiger partial charge is 0.342 e. The average Bonchev–Trinajstić information content (AvgIpc) is 3.15. The molecule has 0 aliphatic carbocycles. The molecule has 1 aromatic carbocycles. The highest BCUT2D eigenvalue weighted by Crippen LogP contribution is 2.21. The van der Waals surface area contributed by atoms with Crippen molar-refractivity contribution >= 4 is 59.1 Å². The van der Waals surface area contributed by atoms with E-state index >= 15 is 0 Å². The number of aromatic nitrogens is 1. The van der Waals surface area contributed by atoms with Gasteiger partial charge in [0.2, 0.25) is 5.91 Å². The number of carbonyl (C=O) groups excluding carboxylic acids is 2. The summed E-state index contributed by atoms with van der Waals surface area (Å²) < 4.78 is 27.9. The summed E-state index contributed by atoms with van der Waals surface area (Å²) in [5.41, 5.74) is 0.900. The lowest BCUT2D eigenvalue weighted by Crippen LogP contribution is -2.35. The van der Waals surface area contributed by atoms with Crippen LogP contribution in [0, 0.1) is 0 Å². The molecule has 0 spiro atoms. The second-order valence-corrected chi connectivity index (χ2v) is 10.2. The SMILES string of the molecule is Cn1c(=NC(=O)CS(=O)(=O)CC(=O)N2CCCC2)sc2cc(Br)ccc21. The van der Waals surface area contributed by atoms with E-state index in [-0.39, 0.29) is 0 Å². The molecular weight excluding hydrogens is 442 g/mol. The van der Waals surface area contributed by atoms with Crippen LogP contribution in [0.2, 0.25) is 0 Å². The van der Waals surface area contributed by atoms with Crippen LogP contribution in [-0.4, -0.2) is 54.3 Å². The van der Waals surface area contributed by atoms with Crippen LogP contribution in [0.5, 0.6) is 0 Å². The fraction of sp³-hybridized carbons (Fsp3) is 0.438. The van der Waals surface area contributed by atoms with Crippen molar-refractivity contribution in [3.8, 4) is 0 Å². The molecule has 2 heterocycles. The van der Waals surface area contributed by atoms with Crippen LogP contribution in [0.1, 0.15) is 12.8 Å². The number of hydrogen-bond donors (Lipinski definition) is 0. The standard InChI is InChI=1S/C16H18BrN3O4S2/c1-19-12-5-4-11(17)8-13(12)25-16(19)18-14(21)9-26(23,24)10-15(22)20-6-2-3-7-20/h4-5,8H,2-3,6-7,9-10H2,1H3. The van der Waals surface area contributed by atoms with E-state index in [0.717, 1.165) is 27.5 Å². The first-order valence-electron chi connectivity index (χ1n) is 8.06. The van der Waals surface area contributed by atoms with Crippen LogP contribution in [0.25, 0.3) is 10.2 Å². The van der Waals surface area contributed by atoms with E-state index < -0.39 is 33.2 Å². The Bertz CT molecular complexity index is 1030.